The van der Waals surface area contributed by atoms with E-state index in [0.717, 1.165) is 29.7 Å². The summed E-state index contributed by atoms with van der Waals surface area (Å²) < 4.78 is 0. The van der Waals surface area contributed by atoms with Gasteiger partial charge in [-0.25, -0.2) is 0 Å². The molecule has 3 heteroatoms. The van der Waals surface area contributed by atoms with Crippen LogP contribution in [0.2, 0.25) is 0 Å². The van der Waals surface area contributed by atoms with Crippen molar-refractivity contribution in [3.63, 3.8) is 0 Å². The Bertz CT molecular complexity index is 545. The number of anilines is 1. The molecule has 1 aromatic heterocycles. The van der Waals surface area contributed by atoms with Crippen molar-refractivity contribution < 1.29 is 4.79 Å². The van der Waals surface area contributed by atoms with E-state index in [1.54, 1.807) is 0 Å². The van der Waals surface area contributed by atoms with E-state index in [9.17, 15) is 4.79 Å². The predicted molar refractivity (Wildman–Crippen MR) is 67.3 cm³/mol. The van der Waals surface area contributed by atoms with E-state index in [4.69, 9.17) is 0 Å². The average Bonchev–Trinajstić information content (AvgIpc) is 2.96. The van der Waals surface area contributed by atoms with Gasteiger partial charge in [-0.1, -0.05) is 6.07 Å². The zero-order valence-electron chi connectivity index (χ0n) is 8.69. The first kappa shape index (κ1) is 9.60. The van der Waals surface area contributed by atoms with Crippen LogP contribution in [0.15, 0.2) is 29.6 Å². The molecule has 3 rings (SSSR count). The van der Waals surface area contributed by atoms with Crippen molar-refractivity contribution in [2.75, 3.05) is 11.9 Å². The molecule has 0 spiro atoms. The number of rotatable bonds is 2. The molecule has 0 atom stereocenters. The summed E-state index contributed by atoms with van der Waals surface area (Å²) in [6, 6.07) is 8.39. The van der Waals surface area contributed by atoms with Crippen LogP contribution in [0.4, 0.5) is 5.69 Å². The maximum Gasteiger partial charge on any atom is 0.160 e. The van der Waals surface area contributed by atoms with Gasteiger partial charge in [-0.3, -0.25) is 4.79 Å². The third-order valence-corrected chi connectivity index (χ3v) is 3.74. The lowest BCUT2D eigenvalue weighted by Crippen LogP contribution is -1.90. The zero-order valence-corrected chi connectivity index (χ0v) is 9.51. The molecule has 0 radical (unpaired) electrons. The highest BCUT2D eigenvalue weighted by atomic mass is 32.1. The molecule has 2 heterocycles. The quantitative estimate of drug-likeness (QED) is 0.801. The van der Waals surface area contributed by atoms with Gasteiger partial charge in [-0.05, 0) is 46.7 Å². The van der Waals surface area contributed by atoms with Gasteiger partial charge < -0.3 is 5.32 Å². The number of aldehydes is 1. The molecule has 0 fully saturated rings. The summed E-state index contributed by atoms with van der Waals surface area (Å²) >= 11 is 1.49. The van der Waals surface area contributed by atoms with Crippen molar-refractivity contribution >= 4 is 23.3 Å². The van der Waals surface area contributed by atoms with E-state index in [0.29, 0.717) is 0 Å². The Labute approximate surface area is 97.9 Å². The minimum atomic E-state index is 0.786. The highest BCUT2D eigenvalue weighted by Gasteiger charge is 2.11. The Kier molecular flexibility index (Phi) is 2.26. The van der Waals surface area contributed by atoms with Crippen LogP contribution in [0.1, 0.15) is 15.2 Å². The summed E-state index contributed by atoms with van der Waals surface area (Å²) in [4.78, 5) is 11.4. The summed E-state index contributed by atoms with van der Waals surface area (Å²) in [5.41, 5.74) is 4.96. The zero-order chi connectivity index (χ0) is 11.0. The third-order valence-electron chi connectivity index (χ3n) is 2.88. The Morgan fingerprint density at radius 3 is 3.00 bits per heavy atom. The van der Waals surface area contributed by atoms with Crippen LogP contribution in [0.25, 0.3) is 11.1 Å². The van der Waals surface area contributed by atoms with Crippen LogP contribution >= 0.6 is 11.3 Å². The SMILES string of the molecule is O=Cc1cc(-c2ccc3c(c2)CCN3)cs1. The molecule has 0 bridgehead atoms. The van der Waals surface area contributed by atoms with Gasteiger partial charge in [0.15, 0.2) is 6.29 Å². The summed E-state index contributed by atoms with van der Waals surface area (Å²) in [7, 11) is 0. The molecular weight excluding hydrogens is 218 g/mol. The molecule has 0 unspecified atom stereocenters. The van der Waals surface area contributed by atoms with Gasteiger partial charge in [0.25, 0.3) is 0 Å². The first-order chi connectivity index (χ1) is 7.86. The number of hydrogen-bond acceptors (Lipinski definition) is 3. The van der Waals surface area contributed by atoms with E-state index < -0.39 is 0 Å². The second kappa shape index (κ2) is 3.76. The smallest absolute Gasteiger partial charge is 0.160 e. The maximum atomic E-state index is 10.6. The summed E-state index contributed by atoms with van der Waals surface area (Å²) in [5, 5.41) is 5.38. The normalized spacial score (nSPS) is 13.2. The largest absolute Gasteiger partial charge is 0.384 e. The monoisotopic (exact) mass is 229 g/mol. The number of hydrogen-bond donors (Lipinski definition) is 1. The lowest BCUT2D eigenvalue weighted by atomic mass is 10.0. The fourth-order valence-corrected chi connectivity index (χ4v) is 2.77. The van der Waals surface area contributed by atoms with Gasteiger partial charge in [0.2, 0.25) is 0 Å². The van der Waals surface area contributed by atoms with Crippen molar-refractivity contribution in [3.05, 3.63) is 40.1 Å². The second-order valence-electron chi connectivity index (χ2n) is 3.90. The van der Waals surface area contributed by atoms with E-state index in [2.05, 4.69) is 23.5 Å². The number of carbonyl (C=O) groups is 1. The van der Waals surface area contributed by atoms with Gasteiger partial charge in [0, 0.05) is 12.2 Å². The van der Waals surface area contributed by atoms with Crippen LogP contribution in [0, 0.1) is 0 Å². The minimum Gasteiger partial charge on any atom is -0.384 e. The Balaban J connectivity index is 2.03. The number of benzene rings is 1. The Morgan fingerprint density at radius 2 is 2.19 bits per heavy atom. The molecule has 1 aliphatic rings. The predicted octanol–water partition coefficient (Wildman–Crippen LogP) is 3.20. The van der Waals surface area contributed by atoms with Gasteiger partial charge in [-0.15, -0.1) is 11.3 Å². The highest BCUT2D eigenvalue weighted by molar-refractivity contribution is 7.12. The Morgan fingerprint density at radius 1 is 1.25 bits per heavy atom. The average molecular weight is 229 g/mol. The molecule has 2 aromatic rings. The fourth-order valence-electron chi connectivity index (χ4n) is 2.05. The number of nitrogens with one attached hydrogen (secondary N) is 1. The summed E-state index contributed by atoms with van der Waals surface area (Å²) in [6.07, 6.45) is 2.00. The molecular formula is C13H11NOS. The molecule has 0 saturated carbocycles. The van der Waals surface area contributed by atoms with Crippen molar-refractivity contribution in [1.29, 1.82) is 0 Å². The molecule has 1 N–H and O–H groups in total. The molecule has 16 heavy (non-hydrogen) atoms. The minimum absolute atomic E-state index is 0.786. The number of fused-ring (bicyclic) bond motifs is 1. The fraction of sp³-hybridized carbons (Fsp3) is 0.154. The number of thiophene rings is 1. The van der Waals surface area contributed by atoms with E-state index in [-0.39, 0.29) is 0 Å². The van der Waals surface area contributed by atoms with Gasteiger partial charge in [-0.2, -0.15) is 0 Å². The van der Waals surface area contributed by atoms with Gasteiger partial charge >= 0.3 is 0 Å². The lowest BCUT2D eigenvalue weighted by molar-refractivity contribution is 0.112. The van der Waals surface area contributed by atoms with E-state index >= 15 is 0 Å². The van der Waals surface area contributed by atoms with E-state index in [1.165, 1.54) is 28.2 Å². The molecule has 0 saturated heterocycles. The second-order valence-corrected chi connectivity index (χ2v) is 4.85. The Hall–Kier alpha value is -1.61. The van der Waals surface area contributed by atoms with Gasteiger partial charge in [0.05, 0.1) is 4.88 Å². The van der Waals surface area contributed by atoms with Crippen molar-refractivity contribution in [2.24, 2.45) is 0 Å². The third kappa shape index (κ3) is 1.53. The van der Waals surface area contributed by atoms with Crippen LogP contribution in [-0.2, 0) is 6.42 Å². The molecule has 0 amide bonds. The van der Waals surface area contributed by atoms with Crippen LogP contribution < -0.4 is 5.32 Å². The highest BCUT2D eigenvalue weighted by Crippen LogP contribution is 2.30. The lowest BCUT2D eigenvalue weighted by Gasteiger charge is -2.02. The van der Waals surface area contributed by atoms with Crippen LogP contribution in [0.5, 0.6) is 0 Å². The van der Waals surface area contributed by atoms with Crippen molar-refractivity contribution in [1.82, 2.24) is 0 Å². The molecule has 1 aliphatic heterocycles. The van der Waals surface area contributed by atoms with Crippen LogP contribution in [-0.4, -0.2) is 12.8 Å². The maximum absolute atomic E-state index is 10.6. The van der Waals surface area contributed by atoms with Crippen molar-refractivity contribution in [2.45, 2.75) is 6.42 Å². The number of carbonyl (C=O) groups excluding carboxylic acids is 1. The molecule has 80 valence electrons. The standard InChI is InChI=1S/C13H11NOS/c15-7-12-6-11(8-16-12)9-1-2-13-10(5-9)3-4-14-13/h1-2,5-8,14H,3-4H2. The summed E-state index contributed by atoms with van der Waals surface area (Å²) in [6.45, 7) is 1.03. The first-order valence-electron chi connectivity index (χ1n) is 5.28. The van der Waals surface area contributed by atoms with Crippen LogP contribution in [0.3, 0.4) is 0 Å². The van der Waals surface area contributed by atoms with Crippen molar-refractivity contribution in [3.8, 4) is 11.1 Å². The summed E-state index contributed by atoms with van der Waals surface area (Å²) in [5.74, 6) is 0. The molecule has 2 nitrogen and oxygen atoms in total. The van der Waals surface area contributed by atoms with Gasteiger partial charge in [0.1, 0.15) is 0 Å². The van der Waals surface area contributed by atoms with E-state index in [1.807, 2.05) is 11.4 Å². The first-order valence-corrected chi connectivity index (χ1v) is 6.16. The molecule has 0 aliphatic carbocycles. The topological polar surface area (TPSA) is 29.1 Å². The molecule has 1 aromatic carbocycles.